The summed E-state index contributed by atoms with van der Waals surface area (Å²) in [6.45, 7) is 5.51. The summed E-state index contributed by atoms with van der Waals surface area (Å²) in [5.41, 5.74) is 0.765. The predicted octanol–water partition coefficient (Wildman–Crippen LogP) is 2.65. The van der Waals surface area contributed by atoms with Crippen LogP contribution in [0.15, 0.2) is 29.2 Å². The van der Waals surface area contributed by atoms with E-state index in [1.165, 1.54) is 18.7 Å². The van der Waals surface area contributed by atoms with Crippen LogP contribution in [0.4, 0.5) is 5.69 Å². The van der Waals surface area contributed by atoms with Gasteiger partial charge in [0.05, 0.1) is 5.75 Å². The lowest BCUT2D eigenvalue weighted by molar-refractivity contribution is -0.119. The second-order valence-electron chi connectivity index (χ2n) is 4.37. The minimum absolute atomic E-state index is 0.0466. The number of thioether (sulfide) groups is 1. The third-order valence-corrected chi connectivity index (χ3v) is 3.58. The Morgan fingerprint density at radius 2 is 1.89 bits per heavy atom. The lowest BCUT2D eigenvalue weighted by atomic mass is 10.3. The Kier molecular flexibility index (Phi) is 6.42. The maximum Gasteiger partial charge on any atom is 0.230 e. The molecule has 0 saturated carbocycles. The van der Waals surface area contributed by atoms with E-state index in [4.69, 9.17) is 0 Å². The molecule has 2 N–H and O–H groups in total. The van der Waals surface area contributed by atoms with Crippen LogP contribution in [-0.2, 0) is 9.59 Å². The SMILES string of the molecule is CC[C@@H](C)NC(=O)CSc1ccc(NC(C)=O)cc1. The summed E-state index contributed by atoms with van der Waals surface area (Å²) in [5, 5.41) is 5.62. The Hall–Kier alpha value is -1.49. The van der Waals surface area contributed by atoms with Crippen LogP contribution in [0.3, 0.4) is 0 Å². The van der Waals surface area contributed by atoms with Crippen molar-refractivity contribution in [2.75, 3.05) is 11.1 Å². The number of carbonyl (C=O) groups is 2. The van der Waals surface area contributed by atoms with E-state index in [-0.39, 0.29) is 17.9 Å². The zero-order valence-corrected chi connectivity index (χ0v) is 12.3. The molecule has 1 aromatic carbocycles. The van der Waals surface area contributed by atoms with Crippen molar-refractivity contribution in [2.45, 2.75) is 38.1 Å². The molecule has 104 valence electrons. The van der Waals surface area contributed by atoms with Gasteiger partial charge in [-0.25, -0.2) is 0 Å². The van der Waals surface area contributed by atoms with Crippen LogP contribution in [-0.4, -0.2) is 23.6 Å². The highest BCUT2D eigenvalue weighted by molar-refractivity contribution is 8.00. The molecular formula is C14H20N2O2S. The van der Waals surface area contributed by atoms with Crippen LogP contribution in [0.2, 0.25) is 0 Å². The molecule has 19 heavy (non-hydrogen) atoms. The largest absolute Gasteiger partial charge is 0.353 e. The van der Waals surface area contributed by atoms with Crippen LogP contribution in [0.25, 0.3) is 0 Å². The van der Waals surface area contributed by atoms with Crippen molar-refractivity contribution in [3.8, 4) is 0 Å². The van der Waals surface area contributed by atoms with E-state index < -0.39 is 0 Å². The van der Waals surface area contributed by atoms with Gasteiger partial charge in [-0.05, 0) is 37.6 Å². The molecule has 0 aliphatic carbocycles. The molecule has 0 bridgehead atoms. The third-order valence-electron chi connectivity index (χ3n) is 2.56. The van der Waals surface area contributed by atoms with E-state index in [0.717, 1.165) is 17.0 Å². The fraction of sp³-hybridized carbons (Fsp3) is 0.429. The Morgan fingerprint density at radius 1 is 1.26 bits per heavy atom. The maximum absolute atomic E-state index is 11.6. The lowest BCUT2D eigenvalue weighted by Crippen LogP contribution is -2.33. The summed E-state index contributed by atoms with van der Waals surface area (Å²) in [7, 11) is 0. The normalized spacial score (nSPS) is 11.7. The summed E-state index contributed by atoms with van der Waals surface area (Å²) in [6.07, 6.45) is 0.932. The van der Waals surface area contributed by atoms with Crippen molar-refractivity contribution < 1.29 is 9.59 Å². The first-order valence-electron chi connectivity index (χ1n) is 6.31. The molecule has 2 amide bonds. The molecule has 0 aliphatic rings. The van der Waals surface area contributed by atoms with Crippen molar-refractivity contribution in [2.24, 2.45) is 0 Å². The zero-order chi connectivity index (χ0) is 14.3. The van der Waals surface area contributed by atoms with Crippen LogP contribution >= 0.6 is 11.8 Å². The van der Waals surface area contributed by atoms with Gasteiger partial charge in [0.1, 0.15) is 0 Å². The van der Waals surface area contributed by atoms with Crippen LogP contribution in [0.1, 0.15) is 27.2 Å². The number of amides is 2. The average molecular weight is 280 g/mol. The molecule has 4 nitrogen and oxygen atoms in total. The van der Waals surface area contributed by atoms with Gasteiger partial charge in [-0.2, -0.15) is 0 Å². The van der Waals surface area contributed by atoms with Gasteiger partial charge < -0.3 is 10.6 Å². The number of rotatable bonds is 6. The van der Waals surface area contributed by atoms with Crippen LogP contribution < -0.4 is 10.6 Å². The molecule has 1 aromatic rings. The Balaban J connectivity index is 2.41. The molecule has 0 aliphatic heterocycles. The quantitative estimate of drug-likeness (QED) is 0.788. The molecule has 0 saturated heterocycles. The summed E-state index contributed by atoms with van der Waals surface area (Å²) in [5.74, 6) is 0.364. The molecule has 5 heteroatoms. The van der Waals surface area contributed by atoms with Crippen molar-refractivity contribution >= 4 is 29.3 Å². The second-order valence-corrected chi connectivity index (χ2v) is 5.42. The van der Waals surface area contributed by atoms with E-state index in [1.807, 2.05) is 38.1 Å². The number of benzene rings is 1. The monoisotopic (exact) mass is 280 g/mol. The first-order chi connectivity index (χ1) is 9.01. The third kappa shape index (κ3) is 6.29. The van der Waals surface area contributed by atoms with E-state index >= 15 is 0 Å². The van der Waals surface area contributed by atoms with Crippen LogP contribution in [0, 0.1) is 0 Å². The van der Waals surface area contributed by atoms with E-state index in [2.05, 4.69) is 10.6 Å². The topological polar surface area (TPSA) is 58.2 Å². The predicted molar refractivity (Wildman–Crippen MR) is 79.4 cm³/mol. The highest BCUT2D eigenvalue weighted by Gasteiger charge is 2.06. The molecule has 0 radical (unpaired) electrons. The van der Waals surface area contributed by atoms with Gasteiger partial charge in [-0.3, -0.25) is 9.59 Å². The Bertz CT molecular complexity index is 432. The van der Waals surface area contributed by atoms with Gasteiger partial charge in [0, 0.05) is 23.5 Å². The molecule has 0 heterocycles. The van der Waals surface area contributed by atoms with Gasteiger partial charge in [-0.1, -0.05) is 6.92 Å². The maximum atomic E-state index is 11.6. The zero-order valence-electron chi connectivity index (χ0n) is 11.5. The van der Waals surface area contributed by atoms with E-state index in [1.54, 1.807) is 0 Å². The number of hydrogen-bond donors (Lipinski definition) is 2. The standard InChI is InChI=1S/C14H20N2O2S/c1-4-10(2)15-14(18)9-19-13-7-5-12(6-8-13)16-11(3)17/h5-8,10H,4,9H2,1-3H3,(H,15,18)(H,16,17)/t10-/m1/s1. The fourth-order valence-electron chi connectivity index (χ4n) is 1.41. The lowest BCUT2D eigenvalue weighted by Gasteiger charge is -2.11. The second kappa shape index (κ2) is 7.84. The van der Waals surface area contributed by atoms with Crippen LogP contribution in [0.5, 0.6) is 0 Å². The summed E-state index contributed by atoms with van der Waals surface area (Å²) >= 11 is 1.48. The van der Waals surface area contributed by atoms with E-state index in [9.17, 15) is 9.59 Å². The van der Waals surface area contributed by atoms with Gasteiger partial charge in [-0.15, -0.1) is 11.8 Å². The molecule has 1 rings (SSSR count). The molecule has 0 unspecified atom stereocenters. The number of nitrogens with one attached hydrogen (secondary N) is 2. The fourth-order valence-corrected chi connectivity index (χ4v) is 2.11. The average Bonchev–Trinajstić information content (AvgIpc) is 2.37. The summed E-state index contributed by atoms with van der Waals surface area (Å²) < 4.78 is 0. The summed E-state index contributed by atoms with van der Waals surface area (Å²) in [4.78, 5) is 23.5. The van der Waals surface area contributed by atoms with Gasteiger partial charge in [0.25, 0.3) is 0 Å². The molecule has 0 fully saturated rings. The van der Waals surface area contributed by atoms with Crippen molar-refractivity contribution in [3.05, 3.63) is 24.3 Å². The minimum Gasteiger partial charge on any atom is -0.353 e. The van der Waals surface area contributed by atoms with Crippen molar-refractivity contribution in [1.82, 2.24) is 5.32 Å². The van der Waals surface area contributed by atoms with E-state index in [0.29, 0.717) is 5.75 Å². The Labute approximate surface area is 118 Å². The number of carbonyl (C=O) groups excluding carboxylic acids is 2. The van der Waals surface area contributed by atoms with Gasteiger partial charge in [0.15, 0.2) is 0 Å². The number of anilines is 1. The Morgan fingerprint density at radius 3 is 2.42 bits per heavy atom. The molecular weight excluding hydrogens is 260 g/mol. The molecule has 0 spiro atoms. The first kappa shape index (κ1) is 15.6. The highest BCUT2D eigenvalue weighted by atomic mass is 32.2. The first-order valence-corrected chi connectivity index (χ1v) is 7.29. The smallest absolute Gasteiger partial charge is 0.230 e. The summed E-state index contributed by atoms with van der Waals surface area (Å²) in [6, 6.07) is 7.67. The minimum atomic E-state index is -0.0895. The highest BCUT2D eigenvalue weighted by Crippen LogP contribution is 2.20. The number of hydrogen-bond acceptors (Lipinski definition) is 3. The van der Waals surface area contributed by atoms with Gasteiger partial charge in [0.2, 0.25) is 11.8 Å². The van der Waals surface area contributed by atoms with Gasteiger partial charge >= 0.3 is 0 Å². The van der Waals surface area contributed by atoms with Crippen molar-refractivity contribution in [3.63, 3.8) is 0 Å². The molecule has 1 atom stereocenters. The molecule has 0 aromatic heterocycles. The van der Waals surface area contributed by atoms with Crippen molar-refractivity contribution in [1.29, 1.82) is 0 Å².